The lowest BCUT2D eigenvalue weighted by Gasteiger charge is -2.24. The normalized spacial score (nSPS) is 13.4. The number of ether oxygens (including phenoxy) is 3. The van der Waals surface area contributed by atoms with Crippen LogP contribution in [0.2, 0.25) is 0 Å². The summed E-state index contributed by atoms with van der Waals surface area (Å²) in [6.07, 6.45) is 0.279. The summed E-state index contributed by atoms with van der Waals surface area (Å²) >= 11 is 0. The number of nitro benzene ring substituents is 2. The molecule has 0 saturated heterocycles. The summed E-state index contributed by atoms with van der Waals surface area (Å²) in [4.78, 5) is 36.0. The quantitative estimate of drug-likeness (QED) is 0.0608. The van der Waals surface area contributed by atoms with Gasteiger partial charge in [0.1, 0.15) is 17.2 Å². The molecule has 0 saturated carbocycles. The van der Waals surface area contributed by atoms with Gasteiger partial charge in [0.25, 0.3) is 5.69 Å². The highest BCUT2D eigenvalue weighted by atomic mass is 16.6. The van der Waals surface area contributed by atoms with Crippen LogP contribution in [0.5, 0.6) is 23.0 Å². The molecule has 0 radical (unpaired) electrons. The van der Waals surface area contributed by atoms with E-state index in [4.69, 9.17) is 19.3 Å². The van der Waals surface area contributed by atoms with Crippen LogP contribution in [0, 0.1) is 20.2 Å². The number of nitro groups is 2. The Kier molecular flexibility index (Phi) is 10.6. The van der Waals surface area contributed by atoms with Crippen LogP contribution in [-0.4, -0.2) is 56.9 Å². The summed E-state index contributed by atoms with van der Waals surface area (Å²) in [5.41, 5.74) is 3.08. The molecule has 0 spiro atoms. The van der Waals surface area contributed by atoms with Crippen molar-refractivity contribution in [2.24, 2.45) is 5.10 Å². The lowest BCUT2D eigenvalue weighted by atomic mass is 9.97. The van der Waals surface area contributed by atoms with Crippen molar-refractivity contribution < 1.29 is 29.2 Å². The van der Waals surface area contributed by atoms with Crippen LogP contribution in [0.3, 0.4) is 0 Å². The van der Waals surface area contributed by atoms with Gasteiger partial charge in [0.2, 0.25) is 17.8 Å². The van der Waals surface area contributed by atoms with Crippen molar-refractivity contribution in [1.29, 1.82) is 0 Å². The fourth-order valence-corrected chi connectivity index (χ4v) is 6.07. The molecule has 57 heavy (non-hydrogen) atoms. The number of phenolic OH excluding ortho intramolecular Hbond substituents is 1. The summed E-state index contributed by atoms with van der Waals surface area (Å²) in [7, 11) is 4.61. The maximum atomic E-state index is 12.2. The van der Waals surface area contributed by atoms with Crippen LogP contribution in [0.1, 0.15) is 23.6 Å². The fourth-order valence-electron chi connectivity index (χ4n) is 6.07. The monoisotopic (exact) mass is 770 g/mol. The predicted molar refractivity (Wildman–Crippen MR) is 213 cm³/mol. The highest BCUT2D eigenvalue weighted by Gasteiger charge is 2.35. The molecule has 1 aliphatic rings. The third kappa shape index (κ3) is 8.39. The predicted octanol–water partition coefficient (Wildman–Crippen LogP) is 8.01. The minimum absolute atomic E-state index is 0.0483. The van der Waals surface area contributed by atoms with E-state index in [0.717, 1.165) is 17.4 Å². The molecule has 1 unspecified atom stereocenters. The fraction of sp³-hybridized carbons (Fsp3) is 0.128. The van der Waals surface area contributed by atoms with Crippen molar-refractivity contribution in [1.82, 2.24) is 15.0 Å². The van der Waals surface area contributed by atoms with E-state index in [2.05, 4.69) is 30.9 Å². The molecule has 0 fully saturated rings. The average molecular weight is 771 g/mol. The number of anilines is 7. The number of benzene rings is 5. The van der Waals surface area contributed by atoms with Gasteiger partial charge in [-0.2, -0.15) is 20.1 Å². The summed E-state index contributed by atoms with van der Waals surface area (Å²) in [6, 6.07) is 29.4. The van der Waals surface area contributed by atoms with E-state index in [-0.39, 0.29) is 41.5 Å². The van der Waals surface area contributed by atoms with Gasteiger partial charge in [-0.15, -0.1) is 0 Å². The van der Waals surface area contributed by atoms with E-state index in [1.165, 1.54) is 30.3 Å². The van der Waals surface area contributed by atoms with Crippen LogP contribution >= 0.6 is 0 Å². The zero-order valence-corrected chi connectivity index (χ0v) is 30.6. The van der Waals surface area contributed by atoms with E-state index in [0.29, 0.717) is 34.0 Å². The number of hydrazone groups is 1. The number of hydrogen-bond acceptors (Lipinski definition) is 16. The van der Waals surface area contributed by atoms with E-state index in [9.17, 15) is 25.3 Å². The molecule has 1 aliphatic heterocycles. The number of methoxy groups -OCH3 is 3. The number of non-ortho nitro benzene ring substituents is 1. The van der Waals surface area contributed by atoms with Crippen molar-refractivity contribution in [3.63, 3.8) is 0 Å². The topological polar surface area (TPSA) is 225 Å². The Morgan fingerprint density at radius 3 is 1.65 bits per heavy atom. The van der Waals surface area contributed by atoms with Gasteiger partial charge in [-0.1, -0.05) is 18.2 Å². The largest absolute Gasteiger partial charge is 0.504 e. The van der Waals surface area contributed by atoms with Crippen molar-refractivity contribution >= 4 is 57.7 Å². The van der Waals surface area contributed by atoms with E-state index in [1.807, 2.05) is 60.7 Å². The molecule has 0 bridgehead atoms. The Hall–Kier alpha value is -8.02. The van der Waals surface area contributed by atoms with Crippen LogP contribution in [0.25, 0.3) is 0 Å². The van der Waals surface area contributed by atoms with Crippen molar-refractivity contribution in [2.75, 3.05) is 42.3 Å². The molecule has 1 atom stereocenters. The van der Waals surface area contributed by atoms with Gasteiger partial charge in [0, 0.05) is 29.5 Å². The zero-order chi connectivity index (χ0) is 40.1. The number of phenols is 1. The number of nitrogens with one attached hydrogen (secondary N) is 3. The van der Waals surface area contributed by atoms with Gasteiger partial charge in [-0.05, 0) is 90.0 Å². The Bertz CT molecular complexity index is 2400. The molecular formula is C39H34N10O8. The van der Waals surface area contributed by atoms with Crippen molar-refractivity contribution in [2.45, 2.75) is 12.5 Å². The van der Waals surface area contributed by atoms with Gasteiger partial charge >= 0.3 is 5.69 Å². The summed E-state index contributed by atoms with van der Waals surface area (Å²) in [5.74, 6) is 2.29. The molecular weight excluding hydrogens is 736 g/mol. The Morgan fingerprint density at radius 2 is 1.19 bits per heavy atom. The summed E-state index contributed by atoms with van der Waals surface area (Å²) in [5, 5.41) is 50.1. The smallest absolute Gasteiger partial charge is 0.301 e. The molecule has 18 heteroatoms. The molecule has 1 aromatic heterocycles. The van der Waals surface area contributed by atoms with Gasteiger partial charge in [-0.3, -0.25) is 25.2 Å². The maximum Gasteiger partial charge on any atom is 0.301 e. The molecule has 0 aliphatic carbocycles. The average Bonchev–Trinajstić information content (AvgIpc) is 3.67. The molecule has 0 amide bonds. The van der Waals surface area contributed by atoms with Gasteiger partial charge in [-0.25, -0.2) is 0 Å². The second-order valence-corrected chi connectivity index (χ2v) is 12.4. The van der Waals surface area contributed by atoms with Gasteiger partial charge in [0.05, 0.1) is 49.0 Å². The van der Waals surface area contributed by atoms with Crippen LogP contribution in [0.15, 0.2) is 114 Å². The minimum Gasteiger partial charge on any atom is -0.504 e. The number of nitrogens with zero attached hydrogens (tertiary/aromatic N) is 7. The summed E-state index contributed by atoms with van der Waals surface area (Å²) in [6.45, 7) is 0. The highest BCUT2D eigenvalue weighted by Crippen LogP contribution is 2.43. The third-order valence-corrected chi connectivity index (χ3v) is 8.91. The van der Waals surface area contributed by atoms with Gasteiger partial charge in [0.15, 0.2) is 11.5 Å². The van der Waals surface area contributed by atoms with E-state index in [1.54, 1.807) is 38.5 Å². The molecule has 18 nitrogen and oxygen atoms in total. The Balaban J connectivity index is 1.18. The SMILES string of the molecule is COc1ccc(Nc2nc(Nc3ccc(OC)cc3)nc(Nc3ccc(C4=NN(c5ccc([N+](=O)[O-])cc5[N+](=O)[O-])C(c5ccc(OC)c(O)c5)C4)cc3)n2)cc1. The van der Waals surface area contributed by atoms with Gasteiger partial charge < -0.3 is 35.3 Å². The first kappa shape index (κ1) is 37.3. The number of aromatic nitrogens is 3. The second kappa shape index (κ2) is 16.1. The maximum absolute atomic E-state index is 12.2. The minimum atomic E-state index is -0.697. The van der Waals surface area contributed by atoms with Crippen molar-refractivity contribution in [3.8, 4) is 23.0 Å². The molecule has 2 heterocycles. The zero-order valence-electron chi connectivity index (χ0n) is 30.6. The van der Waals surface area contributed by atoms with Crippen LogP contribution < -0.4 is 35.2 Å². The number of aromatic hydroxyl groups is 1. The number of rotatable bonds is 14. The van der Waals surface area contributed by atoms with Crippen LogP contribution in [-0.2, 0) is 0 Å². The Morgan fingerprint density at radius 1 is 0.667 bits per heavy atom. The Labute approximate surface area is 324 Å². The first-order valence-corrected chi connectivity index (χ1v) is 17.2. The molecule has 4 N–H and O–H groups in total. The lowest BCUT2D eigenvalue weighted by Crippen LogP contribution is -2.19. The van der Waals surface area contributed by atoms with Crippen molar-refractivity contribution in [3.05, 3.63) is 141 Å². The van der Waals surface area contributed by atoms with Crippen LogP contribution in [0.4, 0.5) is 52.0 Å². The molecule has 7 rings (SSSR count). The highest BCUT2D eigenvalue weighted by molar-refractivity contribution is 6.03. The molecule has 6 aromatic rings. The summed E-state index contributed by atoms with van der Waals surface area (Å²) < 4.78 is 15.7. The number of hydrogen-bond donors (Lipinski definition) is 4. The molecule has 288 valence electrons. The lowest BCUT2D eigenvalue weighted by molar-refractivity contribution is -0.393. The molecule has 5 aromatic carbocycles. The first-order valence-electron chi connectivity index (χ1n) is 17.2. The first-order chi connectivity index (χ1) is 27.6. The van der Waals surface area contributed by atoms with E-state index < -0.39 is 27.3 Å². The van der Waals surface area contributed by atoms with E-state index >= 15 is 0 Å². The second-order valence-electron chi connectivity index (χ2n) is 12.4. The standard InChI is InChI=1S/C39H34N10O8/c1-55-29-14-9-26(10-15-29)41-38-43-37(44-39(45-38)42-27-11-16-30(56-2)17-12-27)40-25-7-4-23(5-8-25)31-22-33(24-6-19-36(57-3)35(50)20-24)47(46-31)32-18-13-28(48(51)52)21-34(32)49(53)54/h4-21,33,50H,22H2,1-3H3,(H3,40,41,42,43,44,45). The third-order valence-electron chi connectivity index (χ3n) is 8.91.